The van der Waals surface area contributed by atoms with Gasteiger partial charge in [-0.2, -0.15) is 0 Å². The van der Waals surface area contributed by atoms with E-state index < -0.39 is 0 Å². The molecule has 2 aliphatic rings. The average Bonchev–Trinajstić information content (AvgIpc) is 2.88. The van der Waals surface area contributed by atoms with Gasteiger partial charge < -0.3 is 10.6 Å². The highest BCUT2D eigenvalue weighted by Gasteiger charge is 2.43. The van der Waals surface area contributed by atoms with Crippen molar-refractivity contribution in [1.29, 1.82) is 0 Å². The van der Waals surface area contributed by atoms with Crippen LogP contribution in [0, 0.1) is 12.8 Å². The normalized spacial score (nSPS) is 34.6. The van der Waals surface area contributed by atoms with Gasteiger partial charge in [0, 0.05) is 24.0 Å². The Morgan fingerprint density at radius 1 is 1.30 bits per heavy atom. The van der Waals surface area contributed by atoms with E-state index in [4.69, 9.17) is 5.73 Å². The molecule has 0 bridgehead atoms. The molecule has 2 fully saturated rings. The van der Waals surface area contributed by atoms with Gasteiger partial charge in [-0.3, -0.25) is 4.79 Å². The Balaban J connectivity index is 1.76. The molecule has 0 aromatic heterocycles. The second-order valence-electron chi connectivity index (χ2n) is 7.93. The van der Waals surface area contributed by atoms with Gasteiger partial charge in [-0.1, -0.05) is 37.1 Å². The number of hydrogen-bond donors (Lipinski definition) is 1. The van der Waals surface area contributed by atoms with Gasteiger partial charge in [0.15, 0.2) is 0 Å². The minimum Gasteiger partial charge on any atom is -0.339 e. The zero-order valence-corrected chi connectivity index (χ0v) is 14.7. The first-order valence-corrected chi connectivity index (χ1v) is 9.05. The predicted molar refractivity (Wildman–Crippen MR) is 94.3 cm³/mol. The summed E-state index contributed by atoms with van der Waals surface area (Å²) >= 11 is 0. The largest absolute Gasteiger partial charge is 0.339 e. The van der Waals surface area contributed by atoms with Crippen molar-refractivity contribution >= 4 is 5.91 Å². The smallest absolute Gasteiger partial charge is 0.227 e. The third-order valence-corrected chi connectivity index (χ3v) is 6.04. The molecule has 126 valence electrons. The van der Waals surface area contributed by atoms with Crippen LogP contribution in [-0.4, -0.2) is 28.9 Å². The van der Waals surface area contributed by atoms with Crippen LogP contribution < -0.4 is 5.73 Å². The summed E-state index contributed by atoms with van der Waals surface area (Å²) in [7, 11) is 0. The van der Waals surface area contributed by atoms with E-state index in [0.29, 0.717) is 17.9 Å². The van der Waals surface area contributed by atoms with Crippen LogP contribution in [-0.2, 0) is 4.79 Å². The van der Waals surface area contributed by atoms with Crippen LogP contribution in [0.3, 0.4) is 0 Å². The number of nitrogens with zero attached hydrogens (tertiary/aromatic N) is 1. The number of amides is 1. The molecule has 1 aliphatic carbocycles. The Kier molecular flexibility index (Phi) is 4.50. The van der Waals surface area contributed by atoms with E-state index in [9.17, 15) is 4.79 Å². The standard InChI is InChI=1S/C20H30N2O/c1-14-8-4-5-9-17(14)16-12-15(2)22(13-16)19(23)18-10-6-7-11-20(18,3)21/h4-5,8-9,15-16,18H,6-7,10-13,21H2,1-3H3. The molecule has 23 heavy (non-hydrogen) atoms. The first-order chi connectivity index (χ1) is 10.9. The predicted octanol–water partition coefficient (Wildman–Crippen LogP) is 3.61. The van der Waals surface area contributed by atoms with E-state index in [1.54, 1.807) is 0 Å². The number of benzene rings is 1. The lowest BCUT2D eigenvalue weighted by molar-refractivity contribution is -0.139. The van der Waals surface area contributed by atoms with Crippen LogP contribution in [0.2, 0.25) is 0 Å². The van der Waals surface area contributed by atoms with Gasteiger partial charge in [0.2, 0.25) is 5.91 Å². The molecule has 1 amide bonds. The molecule has 4 atom stereocenters. The maximum absolute atomic E-state index is 13.1. The van der Waals surface area contributed by atoms with E-state index in [1.165, 1.54) is 11.1 Å². The fourth-order valence-corrected chi connectivity index (χ4v) is 4.57. The van der Waals surface area contributed by atoms with Crippen molar-refractivity contribution in [3.8, 4) is 0 Å². The number of hydrogen-bond acceptors (Lipinski definition) is 2. The van der Waals surface area contributed by atoms with Gasteiger partial charge in [-0.25, -0.2) is 0 Å². The van der Waals surface area contributed by atoms with E-state index >= 15 is 0 Å². The minimum absolute atomic E-state index is 0.00526. The first kappa shape index (κ1) is 16.5. The van der Waals surface area contributed by atoms with Crippen LogP contribution in [0.1, 0.15) is 63.0 Å². The number of nitrogens with two attached hydrogens (primary N) is 1. The maximum Gasteiger partial charge on any atom is 0.227 e. The molecule has 1 saturated heterocycles. The lowest BCUT2D eigenvalue weighted by Gasteiger charge is -2.40. The monoisotopic (exact) mass is 314 g/mol. The summed E-state index contributed by atoms with van der Waals surface area (Å²) < 4.78 is 0. The molecule has 2 N–H and O–H groups in total. The maximum atomic E-state index is 13.1. The highest BCUT2D eigenvalue weighted by molar-refractivity contribution is 5.81. The molecule has 1 heterocycles. The molecule has 3 nitrogen and oxygen atoms in total. The van der Waals surface area contributed by atoms with Crippen LogP contribution in [0.25, 0.3) is 0 Å². The molecule has 4 unspecified atom stereocenters. The summed E-state index contributed by atoms with van der Waals surface area (Å²) in [4.78, 5) is 15.2. The van der Waals surface area contributed by atoms with Crippen molar-refractivity contribution in [2.45, 2.75) is 70.4 Å². The Morgan fingerprint density at radius 3 is 2.74 bits per heavy atom. The number of carbonyl (C=O) groups is 1. The summed E-state index contributed by atoms with van der Waals surface area (Å²) in [5.41, 5.74) is 8.85. The molecule has 0 spiro atoms. The zero-order chi connectivity index (χ0) is 16.6. The van der Waals surface area contributed by atoms with E-state index in [-0.39, 0.29) is 11.5 Å². The van der Waals surface area contributed by atoms with Crippen LogP contribution in [0.5, 0.6) is 0 Å². The molecule has 3 heteroatoms. The zero-order valence-electron chi connectivity index (χ0n) is 14.7. The number of carbonyl (C=O) groups excluding carboxylic acids is 1. The molecular weight excluding hydrogens is 284 g/mol. The van der Waals surface area contributed by atoms with Crippen LogP contribution >= 0.6 is 0 Å². The lowest BCUT2D eigenvalue weighted by Crippen LogP contribution is -2.54. The van der Waals surface area contributed by atoms with Crippen LogP contribution in [0.4, 0.5) is 0 Å². The van der Waals surface area contributed by atoms with Gasteiger partial charge in [0.1, 0.15) is 0 Å². The third-order valence-electron chi connectivity index (χ3n) is 6.04. The number of likely N-dealkylation sites (tertiary alicyclic amines) is 1. The summed E-state index contributed by atoms with van der Waals surface area (Å²) in [6.07, 6.45) is 5.26. The molecule has 1 aliphatic heterocycles. The summed E-state index contributed by atoms with van der Waals surface area (Å²) in [5.74, 6) is 0.746. The summed E-state index contributed by atoms with van der Waals surface area (Å²) in [6.45, 7) is 7.27. The highest BCUT2D eigenvalue weighted by atomic mass is 16.2. The van der Waals surface area contributed by atoms with Crippen molar-refractivity contribution in [3.05, 3.63) is 35.4 Å². The Hall–Kier alpha value is -1.35. The molecular formula is C20H30N2O. The van der Waals surface area contributed by atoms with Crippen molar-refractivity contribution < 1.29 is 4.79 Å². The molecule has 1 saturated carbocycles. The molecule has 3 rings (SSSR count). The van der Waals surface area contributed by atoms with Gasteiger partial charge in [-0.05, 0) is 51.2 Å². The third kappa shape index (κ3) is 3.16. The Labute approximate surface area is 140 Å². The molecule has 0 radical (unpaired) electrons. The van der Waals surface area contributed by atoms with Gasteiger partial charge in [0.05, 0.1) is 5.92 Å². The Bertz CT molecular complexity index is 581. The molecule has 1 aromatic carbocycles. The second kappa shape index (κ2) is 6.27. The molecule has 1 aromatic rings. The SMILES string of the molecule is Cc1ccccc1C1CC(C)N(C(=O)C2CCCCC2(C)N)C1. The number of rotatable bonds is 2. The summed E-state index contributed by atoms with van der Waals surface area (Å²) in [6, 6.07) is 8.89. The summed E-state index contributed by atoms with van der Waals surface area (Å²) in [5, 5.41) is 0. The lowest BCUT2D eigenvalue weighted by atomic mass is 9.74. The van der Waals surface area contributed by atoms with Crippen molar-refractivity contribution in [2.75, 3.05) is 6.54 Å². The fraction of sp³-hybridized carbons (Fsp3) is 0.650. The average molecular weight is 314 g/mol. The van der Waals surface area contributed by atoms with E-state index in [0.717, 1.165) is 38.6 Å². The fourth-order valence-electron chi connectivity index (χ4n) is 4.57. The van der Waals surface area contributed by atoms with Crippen molar-refractivity contribution in [1.82, 2.24) is 4.90 Å². The van der Waals surface area contributed by atoms with E-state index in [1.807, 2.05) is 0 Å². The first-order valence-electron chi connectivity index (χ1n) is 9.05. The quantitative estimate of drug-likeness (QED) is 0.906. The van der Waals surface area contributed by atoms with Crippen molar-refractivity contribution in [2.24, 2.45) is 11.7 Å². The minimum atomic E-state index is -0.337. The van der Waals surface area contributed by atoms with Gasteiger partial charge >= 0.3 is 0 Å². The van der Waals surface area contributed by atoms with Crippen molar-refractivity contribution in [3.63, 3.8) is 0 Å². The van der Waals surface area contributed by atoms with Gasteiger partial charge in [0.25, 0.3) is 0 Å². The topological polar surface area (TPSA) is 46.3 Å². The van der Waals surface area contributed by atoms with Crippen LogP contribution in [0.15, 0.2) is 24.3 Å². The van der Waals surface area contributed by atoms with Gasteiger partial charge in [-0.15, -0.1) is 0 Å². The van der Waals surface area contributed by atoms with E-state index in [2.05, 4.69) is 49.9 Å². The number of aryl methyl sites for hydroxylation is 1. The second-order valence-corrected chi connectivity index (χ2v) is 7.93. The Morgan fingerprint density at radius 2 is 2.04 bits per heavy atom. The highest BCUT2D eigenvalue weighted by Crippen LogP contribution is 2.38.